The molecule has 0 amide bonds. The number of hydrogen-bond acceptors (Lipinski definition) is 2. The molecule has 0 bridgehead atoms. The maximum absolute atomic E-state index is 11.5. The van der Waals surface area contributed by atoms with Gasteiger partial charge < -0.3 is 10.8 Å². The molecule has 1 atom stereocenters. The van der Waals surface area contributed by atoms with Crippen molar-refractivity contribution in [3.63, 3.8) is 0 Å². The molecule has 2 aromatic carbocycles. The van der Waals surface area contributed by atoms with E-state index in [1.165, 1.54) is 0 Å². The molecule has 1 unspecified atom stereocenters. The van der Waals surface area contributed by atoms with Crippen LogP contribution in [-0.2, 0) is 16.8 Å². The molecule has 0 aromatic heterocycles. The van der Waals surface area contributed by atoms with E-state index < -0.39 is 11.5 Å². The van der Waals surface area contributed by atoms with Gasteiger partial charge in [0, 0.05) is 6.42 Å². The molecule has 0 heterocycles. The Morgan fingerprint density at radius 1 is 1.00 bits per heavy atom. The quantitative estimate of drug-likeness (QED) is 0.885. The summed E-state index contributed by atoms with van der Waals surface area (Å²) in [5.74, 6) is -1.02. The van der Waals surface area contributed by atoms with Crippen molar-refractivity contribution in [1.82, 2.24) is 0 Å². The summed E-state index contributed by atoms with van der Waals surface area (Å²) in [5, 5.41) is 9.42. The second kappa shape index (κ2) is 6.16. The largest absolute Gasteiger partial charge is 0.480 e. The Labute approximate surface area is 113 Å². The van der Waals surface area contributed by atoms with Gasteiger partial charge in [-0.25, -0.2) is 4.79 Å². The lowest BCUT2D eigenvalue weighted by molar-refractivity contribution is -0.143. The smallest absolute Gasteiger partial charge is 0.328 e. The van der Waals surface area contributed by atoms with Gasteiger partial charge >= 0.3 is 5.97 Å². The average Bonchev–Trinajstić information content (AvgIpc) is 2.40. The summed E-state index contributed by atoms with van der Waals surface area (Å²) >= 11 is 0. The van der Waals surface area contributed by atoms with Crippen molar-refractivity contribution in [3.05, 3.63) is 71.8 Å². The summed E-state index contributed by atoms with van der Waals surface area (Å²) in [6.07, 6.45) is 0.271. The van der Waals surface area contributed by atoms with E-state index >= 15 is 0 Å². The summed E-state index contributed by atoms with van der Waals surface area (Å²) < 4.78 is 0. The topological polar surface area (TPSA) is 63.3 Å². The van der Waals surface area contributed by atoms with E-state index in [-0.39, 0.29) is 13.8 Å². The van der Waals surface area contributed by atoms with Gasteiger partial charge in [0.1, 0.15) is 5.54 Å². The van der Waals surface area contributed by atoms with Crippen LogP contribution >= 0.6 is 0 Å². The molecule has 3 nitrogen and oxygen atoms in total. The molecule has 0 fully saturated rings. The van der Waals surface area contributed by atoms with Crippen molar-refractivity contribution >= 4 is 5.97 Å². The van der Waals surface area contributed by atoms with Crippen LogP contribution in [-0.4, -0.2) is 11.1 Å². The standard InChI is InChI=1S/C15H15NO2.CH4/c16-15(14(17)18,13-9-5-2-6-10-13)11-12-7-3-1-4-8-12;/h1-10H,11,16H2,(H,17,18);1H4. The number of carboxylic acids is 1. The minimum atomic E-state index is -1.39. The summed E-state index contributed by atoms with van der Waals surface area (Å²) in [4.78, 5) is 11.5. The zero-order chi connectivity index (χ0) is 13.0. The van der Waals surface area contributed by atoms with Crippen LogP contribution < -0.4 is 5.73 Å². The predicted octanol–water partition coefficient (Wildman–Crippen LogP) is 2.80. The molecule has 0 radical (unpaired) electrons. The molecule has 2 rings (SSSR count). The summed E-state index contributed by atoms with van der Waals surface area (Å²) in [5.41, 5.74) is 6.23. The normalized spacial score (nSPS) is 13.1. The van der Waals surface area contributed by atoms with Crippen molar-refractivity contribution in [2.75, 3.05) is 0 Å². The van der Waals surface area contributed by atoms with Gasteiger partial charge in [0.15, 0.2) is 0 Å². The van der Waals surface area contributed by atoms with Crippen molar-refractivity contribution < 1.29 is 9.90 Å². The zero-order valence-corrected chi connectivity index (χ0v) is 9.91. The molecule has 0 aliphatic heterocycles. The Kier molecular flexibility index (Phi) is 4.84. The van der Waals surface area contributed by atoms with Gasteiger partial charge in [-0.1, -0.05) is 68.1 Å². The summed E-state index contributed by atoms with van der Waals surface area (Å²) in [6.45, 7) is 0. The van der Waals surface area contributed by atoms with E-state index in [4.69, 9.17) is 5.73 Å². The second-order valence-corrected chi connectivity index (χ2v) is 4.30. The predicted molar refractivity (Wildman–Crippen MR) is 76.8 cm³/mol. The minimum absolute atomic E-state index is 0. The number of rotatable bonds is 4. The minimum Gasteiger partial charge on any atom is -0.480 e. The Bertz CT molecular complexity index is 525. The lowest BCUT2D eigenvalue weighted by Crippen LogP contribution is -2.46. The zero-order valence-electron chi connectivity index (χ0n) is 9.91. The first-order valence-electron chi connectivity index (χ1n) is 5.74. The first-order valence-corrected chi connectivity index (χ1v) is 5.74. The Morgan fingerprint density at radius 3 is 1.95 bits per heavy atom. The summed E-state index contributed by atoms with van der Waals surface area (Å²) in [6, 6.07) is 18.3. The molecular formula is C16H19NO2. The van der Waals surface area contributed by atoms with Crippen LogP contribution in [0, 0.1) is 0 Å². The molecule has 0 saturated carbocycles. The SMILES string of the molecule is C.NC(Cc1ccccc1)(C(=O)O)c1ccccc1. The van der Waals surface area contributed by atoms with Crippen molar-refractivity contribution in [3.8, 4) is 0 Å². The van der Waals surface area contributed by atoms with Crippen LogP contribution in [0.3, 0.4) is 0 Å². The van der Waals surface area contributed by atoms with E-state index in [0.717, 1.165) is 5.56 Å². The highest BCUT2D eigenvalue weighted by Gasteiger charge is 2.35. The lowest BCUT2D eigenvalue weighted by Gasteiger charge is -2.25. The van der Waals surface area contributed by atoms with E-state index in [1.807, 2.05) is 36.4 Å². The van der Waals surface area contributed by atoms with E-state index in [9.17, 15) is 9.90 Å². The van der Waals surface area contributed by atoms with Crippen LogP contribution in [0.4, 0.5) is 0 Å². The maximum atomic E-state index is 11.5. The monoisotopic (exact) mass is 257 g/mol. The van der Waals surface area contributed by atoms with Gasteiger partial charge in [0.2, 0.25) is 0 Å². The lowest BCUT2D eigenvalue weighted by atomic mass is 9.85. The Balaban J connectivity index is 0.00000180. The third-order valence-electron chi connectivity index (χ3n) is 3.00. The fourth-order valence-corrected chi connectivity index (χ4v) is 1.95. The van der Waals surface area contributed by atoms with E-state index in [1.54, 1.807) is 24.3 Å². The first kappa shape index (κ1) is 14.9. The highest BCUT2D eigenvalue weighted by Crippen LogP contribution is 2.23. The fraction of sp³-hybridized carbons (Fsp3) is 0.188. The third-order valence-corrected chi connectivity index (χ3v) is 3.00. The van der Waals surface area contributed by atoms with Crippen molar-refractivity contribution in [2.24, 2.45) is 5.73 Å². The third kappa shape index (κ3) is 3.20. The second-order valence-electron chi connectivity index (χ2n) is 4.30. The molecule has 3 N–H and O–H groups in total. The van der Waals surface area contributed by atoms with Crippen LogP contribution in [0.1, 0.15) is 18.6 Å². The summed E-state index contributed by atoms with van der Waals surface area (Å²) in [7, 11) is 0. The first-order chi connectivity index (χ1) is 8.63. The van der Waals surface area contributed by atoms with Gasteiger partial charge in [0.05, 0.1) is 0 Å². The molecule has 0 spiro atoms. The van der Waals surface area contributed by atoms with Crippen LogP contribution in [0.2, 0.25) is 0 Å². The molecule has 0 saturated heterocycles. The van der Waals surface area contributed by atoms with Gasteiger partial charge in [0.25, 0.3) is 0 Å². The Hall–Kier alpha value is -2.13. The number of carboxylic acid groups (broad SMARTS) is 1. The molecule has 3 heteroatoms. The Morgan fingerprint density at radius 2 is 1.47 bits per heavy atom. The molecule has 0 aliphatic rings. The molecular weight excluding hydrogens is 238 g/mol. The van der Waals surface area contributed by atoms with Crippen LogP contribution in [0.15, 0.2) is 60.7 Å². The van der Waals surface area contributed by atoms with Crippen LogP contribution in [0.5, 0.6) is 0 Å². The number of benzene rings is 2. The van der Waals surface area contributed by atoms with Gasteiger partial charge in [-0.3, -0.25) is 0 Å². The van der Waals surface area contributed by atoms with Crippen molar-refractivity contribution in [2.45, 2.75) is 19.4 Å². The molecule has 100 valence electrons. The number of nitrogens with two attached hydrogens (primary N) is 1. The number of carbonyl (C=O) groups is 1. The van der Waals surface area contributed by atoms with Crippen molar-refractivity contribution in [1.29, 1.82) is 0 Å². The molecule has 19 heavy (non-hydrogen) atoms. The maximum Gasteiger partial charge on any atom is 0.328 e. The fourth-order valence-electron chi connectivity index (χ4n) is 1.95. The average molecular weight is 257 g/mol. The molecule has 0 aliphatic carbocycles. The highest BCUT2D eigenvalue weighted by molar-refractivity contribution is 5.81. The highest BCUT2D eigenvalue weighted by atomic mass is 16.4. The molecule has 2 aromatic rings. The van der Waals surface area contributed by atoms with Gasteiger partial charge in [-0.05, 0) is 11.1 Å². The van der Waals surface area contributed by atoms with Crippen LogP contribution in [0.25, 0.3) is 0 Å². The van der Waals surface area contributed by atoms with Gasteiger partial charge in [-0.2, -0.15) is 0 Å². The van der Waals surface area contributed by atoms with E-state index in [2.05, 4.69) is 0 Å². The number of aliphatic carboxylic acids is 1. The van der Waals surface area contributed by atoms with E-state index in [0.29, 0.717) is 5.56 Å². The van der Waals surface area contributed by atoms with Gasteiger partial charge in [-0.15, -0.1) is 0 Å². The number of hydrogen-bond donors (Lipinski definition) is 2.